The van der Waals surface area contributed by atoms with Gasteiger partial charge in [-0.25, -0.2) is 0 Å². The minimum Gasteiger partial charge on any atom is -0.484 e. The van der Waals surface area contributed by atoms with Gasteiger partial charge in [0, 0.05) is 5.69 Å². The van der Waals surface area contributed by atoms with E-state index in [1.807, 2.05) is 0 Å². The number of halogens is 3. The van der Waals surface area contributed by atoms with Gasteiger partial charge >= 0.3 is 6.18 Å². The summed E-state index contributed by atoms with van der Waals surface area (Å²) in [5, 5.41) is 4.16. The lowest BCUT2D eigenvalue weighted by Gasteiger charge is -2.10. The van der Waals surface area contributed by atoms with Crippen LogP contribution >= 0.6 is 11.8 Å². The third-order valence-electron chi connectivity index (χ3n) is 3.69. The number of amides is 3. The number of imide groups is 1. The molecule has 2 N–H and O–H groups in total. The molecule has 1 heterocycles. The summed E-state index contributed by atoms with van der Waals surface area (Å²) in [7, 11) is 0. The highest BCUT2D eigenvalue weighted by Gasteiger charge is 2.30. The zero-order valence-corrected chi connectivity index (χ0v) is 15.4. The molecule has 0 aliphatic carbocycles. The molecule has 0 spiro atoms. The van der Waals surface area contributed by atoms with Crippen molar-refractivity contribution < 1.29 is 32.3 Å². The van der Waals surface area contributed by atoms with Crippen LogP contribution in [0.3, 0.4) is 0 Å². The minimum atomic E-state index is -4.44. The maximum absolute atomic E-state index is 12.5. The van der Waals surface area contributed by atoms with Crippen molar-refractivity contribution in [1.29, 1.82) is 0 Å². The van der Waals surface area contributed by atoms with Gasteiger partial charge in [-0.3, -0.25) is 19.7 Å². The number of ether oxygens (including phenoxy) is 1. The first kappa shape index (κ1) is 20.5. The molecule has 0 saturated carbocycles. The minimum absolute atomic E-state index is 0.218. The van der Waals surface area contributed by atoms with Crippen LogP contribution in [0, 0.1) is 0 Å². The Morgan fingerprint density at radius 1 is 1.07 bits per heavy atom. The van der Waals surface area contributed by atoms with Gasteiger partial charge in [-0.1, -0.05) is 12.1 Å². The summed E-state index contributed by atoms with van der Waals surface area (Å²) in [4.78, 5) is 34.8. The largest absolute Gasteiger partial charge is 0.484 e. The van der Waals surface area contributed by atoms with E-state index in [0.29, 0.717) is 11.3 Å². The Kier molecular flexibility index (Phi) is 5.92. The Hall–Kier alpha value is -3.27. The lowest BCUT2D eigenvalue weighted by molar-refractivity contribution is -0.137. The van der Waals surface area contributed by atoms with Crippen molar-refractivity contribution >= 4 is 40.6 Å². The Morgan fingerprint density at radius 2 is 1.72 bits per heavy atom. The Morgan fingerprint density at radius 3 is 2.28 bits per heavy atom. The van der Waals surface area contributed by atoms with Crippen LogP contribution in [-0.2, 0) is 15.8 Å². The van der Waals surface area contributed by atoms with Crippen LogP contribution < -0.4 is 15.4 Å². The van der Waals surface area contributed by atoms with Crippen molar-refractivity contribution in [2.24, 2.45) is 0 Å². The molecule has 150 valence electrons. The molecule has 2 aromatic rings. The highest BCUT2D eigenvalue weighted by Crippen LogP contribution is 2.30. The molecule has 29 heavy (non-hydrogen) atoms. The van der Waals surface area contributed by atoms with E-state index in [9.17, 15) is 27.6 Å². The second-order valence-electron chi connectivity index (χ2n) is 5.83. The second kappa shape index (κ2) is 8.39. The zero-order valence-electron chi connectivity index (χ0n) is 14.6. The first-order valence-corrected chi connectivity index (χ1v) is 8.97. The summed E-state index contributed by atoms with van der Waals surface area (Å²) in [5.74, 6) is -0.608. The summed E-state index contributed by atoms with van der Waals surface area (Å²) in [5.41, 5.74) is 0.0778. The van der Waals surface area contributed by atoms with Crippen LogP contribution in [0.15, 0.2) is 53.4 Å². The maximum Gasteiger partial charge on any atom is 0.416 e. The van der Waals surface area contributed by atoms with Crippen molar-refractivity contribution in [2.75, 3.05) is 11.9 Å². The number of carbonyl (C=O) groups excluding carboxylic acids is 3. The maximum atomic E-state index is 12.5. The SMILES string of the molecule is O=C(COc1ccc(/C=C2\SC(=O)NC2=O)cc1)Nc1ccc(C(F)(F)F)cc1. The molecule has 3 amide bonds. The van der Waals surface area contributed by atoms with E-state index in [-0.39, 0.29) is 17.2 Å². The number of hydrogen-bond acceptors (Lipinski definition) is 5. The summed E-state index contributed by atoms with van der Waals surface area (Å²) in [6, 6.07) is 10.5. The van der Waals surface area contributed by atoms with Crippen LogP contribution in [0.5, 0.6) is 5.75 Å². The Bertz CT molecular complexity index is 970. The van der Waals surface area contributed by atoms with Gasteiger partial charge in [0.2, 0.25) is 0 Å². The van der Waals surface area contributed by atoms with Gasteiger partial charge in [0.05, 0.1) is 10.5 Å². The first-order valence-electron chi connectivity index (χ1n) is 8.15. The fraction of sp³-hybridized carbons (Fsp3) is 0.105. The topological polar surface area (TPSA) is 84.5 Å². The third kappa shape index (κ3) is 5.61. The highest BCUT2D eigenvalue weighted by molar-refractivity contribution is 8.18. The molecule has 1 saturated heterocycles. The predicted molar refractivity (Wildman–Crippen MR) is 101 cm³/mol. The summed E-state index contributed by atoms with van der Waals surface area (Å²) >= 11 is 0.805. The first-order chi connectivity index (χ1) is 13.7. The molecule has 1 aliphatic heterocycles. The molecule has 1 aliphatic rings. The van der Waals surface area contributed by atoms with Crippen molar-refractivity contribution in [3.63, 3.8) is 0 Å². The van der Waals surface area contributed by atoms with Gasteiger partial charge in [-0.2, -0.15) is 13.2 Å². The number of hydrogen-bond donors (Lipinski definition) is 2. The molecule has 6 nitrogen and oxygen atoms in total. The zero-order chi connectivity index (χ0) is 21.0. The quantitative estimate of drug-likeness (QED) is 0.711. The smallest absolute Gasteiger partial charge is 0.416 e. The molecule has 0 atom stereocenters. The van der Waals surface area contributed by atoms with E-state index < -0.39 is 28.8 Å². The van der Waals surface area contributed by atoms with Crippen molar-refractivity contribution in [3.8, 4) is 5.75 Å². The second-order valence-corrected chi connectivity index (χ2v) is 6.85. The molecule has 2 aromatic carbocycles. The van der Waals surface area contributed by atoms with Gasteiger partial charge < -0.3 is 10.1 Å². The molecule has 0 unspecified atom stereocenters. The normalized spacial score (nSPS) is 15.3. The molecule has 0 aromatic heterocycles. The molecule has 1 fully saturated rings. The van der Waals surface area contributed by atoms with Crippen LogP contribution in [0.2, 0.25) is 0 Å². The van der Waals surface area contributed by atoms with Crippen molar-refractivity contribution in [3.05, 3.63) is 64.6 Å². The van der Waals surface area contributed by atoms with Gasteiger partial charge in [0.1, 0.15) is 5.75 Å². The van der Waals surface area contributed by atoms with Crippen molar-refractivity contribution in [1.82, 2.24) is 5.32 Å². The summed E-state index contributed by atoms with van der Waals surface area (Å²) in [6.07, 6.45) is -2.89. The highest BCUT2D eigenvalue weighted by atomic mass is 32.2. The van der Waals surface area contributed by atoms with Gasteiger partial charge in [0.15, 0.2) is 6.61 Å². The lowest BCUT2D eigenvalue weighted by Crippen LogP contribution is -2.20. The average molecular weight is 422 g/mol. The van der Waals surface area contributed by atoms with E-state index >= 15 is 0 Å². The van der Waals surface area contributed by atoms with Crippen molar-refractivity contribution in [2.45, 2.75) is 6.18 Å². The van der Waals surface area contributed by atoms with Crippen LogP contribution in [-0.4, -0.2) is 23.7 Å². The van der Waals surface area contributed by atoms with E-state index in [0.717, 1.165) is 36.0 Å². The summed E-state index contributed by atoms with van der Waals surface area (Å²) < 4.78 is 42.9. The Labute approximate surface area is 167 Å². The number of anilines is 1. The molecular weight excluding hydrogens is 409 g/mol. The predicted octanol–water partition coefficient (Wildman–Crippen LogP) is 4.05. The fourth-order valence-electron chi connectivity index (χ4n) is 2.32. The molecule has 0 radical (unpaired) electrons. The molecule has 10 heteroatoms. The van der Waals surface area contributed by atoms with Crippen LogP contribution in [0.25, 0.3) is 6.08 Å². The molecule has 3 rings (SSSR count). The third-order valence-corrected chi connectivity index (χ3v) is 4.50. The van der Waals surface area contributed by atoms with Gasteiger partial charge in [-0.15, -0.1) is 0 Å². The standard InChI is InChI=1S/C19H13F3N2O4S/c20-19(21,22)12-3-5-13(6-4-12)23-16(25)10-28-14-7-1-11(2-8-14)9-15-17(26)24-18(27)29-15/h1-9H,10H2,(H,23,25)(H,24,26,27)/b15-9-. The summed E-state index contributed by atoms with van der Waals surface area (Å²) in [6.45, 7) is -0.339. The van der Waals surface area contributed by atoms with Crippen LogP contribution in [0.1, 0.15) is 11.1 Å². The fourth-order valence-corrected chi connectivity index (χ4v) is 3.00. The lowest BCUT2D eigenvalue weighted by atomic mass is 10.2. The number of nitrogens with one attached hydrogen (secondary N) is 2. The van der Waals surface area contributed by atoms with E-state index in [2.05, 4.69) is 10.6 Å². The average Bonchev–Trinajstić information content (AvgIpc) is 2.98. The van der Waals surface area contributed by atoms with Gasteiger partial charge in [0.25, 0.3) is 17.1 Å². The van der Waals surface area contributed by atoms with Crippen LogP contribution in [0.4, 0.5) is 23.7 Å². The Balaban J connectivity index is 1.52. The molecular formula is C19H13F3N2O4S. The van der Waals surface area contributed by atoms with Gasteiger partial charge in [-0.05, 0) is 59.8 Å². The number of carbonyl (C=O) groups is 3. The van der Waals surface area contributed by atoms with E-state index in [1.165, 1.54) is 0 Å². The number of rotatable bonds is 5. The number of alkyl halides is 3. The van der Waals surface area contributed by atoms with E-state index in [4.69, 9.17) is 4.74 Å². The monoisotopic (exact) mass is 422 g/mol. The molecule has 0 bridgehead atoms. The number of thioether (sulfide) groups is 1. The van der Waals surface area contributed by atoms with E-state index in [1.54, 1.807) is 30.3 Å². The number of benzene rings is 2.